The molecular weight excluding hydrogens is 363 g/mol. The van der Waals surface area contributed by atoms with E-state index < -0.39 is 21.7 Å². The minimum atomic E-state index is -3.96. The van der Waals surface area contributed by atoms with E-state index in [9.17, 15) is 17.6 Å². The summed E-state index contributed by atoms with van der Waals surface area (Å²) in [6.07, 6.45) is 0. The number of hydrogen-bond acceptors (Lipinski definition) is 5. The first-order valence-electron chi connectivity index (χ1n) is 7.57. The van der Waals surface area contributed by atoms with Crippen molar-refractivity contribution in [2.75, 3.05) is 27.3 Å². The highest BCUT2D eigenvalue weighted by molar-refractivity contribution is 7.89. The maximum absolute atomic E-state index is 13.5. The number of nitrogens with zero attached hydrogens (tertiary/aromatic N) is 1. The van der Waals surface area contributed by atoms with Gasteiger partial charge in [0.25, 0.3) is 5.91 Å². The quantitative estimate of drug-likeness (QED) is 0.785. The Bertz CT molecular complexity index is 902. The Hall–Kier alpha value is -2.65. The molecule has 2 aromatic rings. The number of amides is 1. The van der Waals surface area contributed by atoms with E-state index in [0.717, 1.165) is 6.07 Å². The van der Waals surface area contributed by atoms with Gasteiger partial charge in [0.1, 0.15) is 12.4 Å². The van der Waals surface area contributed by atoms with E-state index in [1.807, 2.05) is 0 Å². The van der Waals surface area contributed by atoms with Crippen molar-refractivity contribution in [3.8, 4) is 11.5 Å². The second kappa shape index (κ2) is 8.15. The molecule has 0 radical (unpaired) electrons. The summed E-state index contributed by atoms with van der Waals surface area (Å²) in [6, 6.07) is 9.71. The average Bonchev–Trinajstić information content (AvgIpc) is 2.61. The van der Waals surface area contributed by atoms with E-state index >= 15 is 0 Å². The summed E-state index contributed by atoms with van der Waals surface area (Å²) in [4.78, 5) is 13.7. The van der Waals surface area contributed by atoms with E-state index in [1.54, 1.807) is 12.1 Å². The van der Waals surface area contributed by atoms with Crippen LogP contribution in [0, 0.1) is 5.82 Å². The van der Waals surface area contributed by atoms with Crippen LogP contribution in [0.1, 0.15) is 10.4 Å². The van der Waals surface area contributed by atoms with Crippen LogP contribution >= 0.6 is 0 Å². The molecule has 9 heteroatoms. The molecule has 0 atom stereocenters. The molecule has 140 valence electrons. The zero-order chi connectivity index (χ0) is 19.3. The number of carbonyl (C=O) groups is 1. The summed E-state index contributed by atoms with van der Waals surface area (Å²) >= 11 is 0. The van der Waals surface area contributed by atoms with Gasteiger partial charge < -0.3 is 14.4 Å². The highest BCUT2D eigenvalue weighted by Gasteiger charge is 2.20. The Morgan fingerprint density at radius 1 is 1.19 bits per heavy atom. The number of para-hydroxylation sites is 1. The van der Waals surface area contributed by atoms with E-state index in [4.69, 9.17) is 14.6 Å². The van der Waals surface area contributed by atoms with Crippen molar-refractivity contribution < 1.29 is 27.1 Å². The number of carbonyl (C=O) groups excluding carboxylic acids is 1. The summed E-state index contributed by atoms with van der Waals surface area (Å²) in [5, 5.41) is 5.10. The van der Waals surface area contributed by atoms with Gasteiger partial charge in [0.2, 0.25) is 10.0 Å². The van der Waals surface area contributed by atoms with E-state index in [2.05, 4.69) is 0 Å². The molecule has 0 aliphatic carbocycles. The third-order valence-electron chi connectivity index (χ3n) is 3.60. The van der Waals surface area contributed by atoms with Gasteiger partial charge in [-0.1, -0.05) is 12.1 Å². The Morgan fingerprint density at radius 3 is 2.50 bits per heavy atom. The summed E-state index contributed by atoms with van der Waals surface area (Å²) in [5.41, 5.74) is 0.0485. The Morgan fingerprint density at radius 2 is 1.88 bits per heavy atom. The summed E-state index contributed by atoms with van der Waals surface area (Å²) in [5.74, 6) is -0.681. The number of benzene rings is 2. The first-order chi connectivity index (χ1) is 12.2. The molecule has 0 aromatic heterocycles. The van der Waals surface area contributed by atoms with Gasteiger partial charge in [-0.05, 0) is 30.3 Å². The summed E-state index contributed by atoms with van der Waals surface area (Å²) in [6.45, 7) is 0.205. The first kappa shape index (κ1) is 19.7. The molecule has 0 saturated heterocycles. The molecule has 0 heterocycles. The molecule has 2 rings (SSSR count). The van der Waals surface area contributed by atoms with Gasteiger partial charge in [-0.15, -0.1) is 0 Å². The van der Waals surface area contributed by atoms with Gasteiger partial charge in [0, 0.05) is 7.05 Å². The SMILES string of the molecule is COc1ccc(S(N)(=O)=O)cc1C(=O)N(C)CCOc1ccccc1F. The molecule has 0 unspecified atom stereocenters. The molecule has 0 aliphatic rings. The second-order valence-electron chi connectivity index (χ2n) is 5.41. The van der Waals surface area contributed by atoms with Crippen molar-refractivity contribution >= 4 is 15.9 Å². The Labute approximate surface area is 151 Å². The van der Waals surface area contributed by atoms with Crippen LogP contribution in [-0.4, -0.2) is 46.5 Å². The zero-order valence-corrected chi connectivity index (χ0v) is 15.1. The molecular formula is C17H19FN2O5S. The highest BCUT2D eigenvalue weighted by Crippen LogP contribution is 2.23. The fourth-order valence-corrected chi connectivity index (χ4v) is 2.73. The van der Waals surface area contributed by atoms with Gasteiger partial charge in [-0.25, -0.2) is 17.9 Å². The number of methoxy groups -OCH3 is 1. The Balaban J connectivity index is 2.11. The number of likely N-dealkylation sites (N-methyl/N-ethyl adjacent to an activating group) is 1. The predicted molar refractivity (Wildman–Crippen MR) is 93.2 cm³/mol. The molecule has 26 heavy (non-hydrogen) atoms. The van der Waals surface area contributed by atoms with Crippen LogP contribution in [0.2, 0.25) is 0 Å². The number of primary sulfonamides is 1. The lowest BCUT2D eigenvalue weighted by Gasteiger charge is -2.19. The van der Waals surface area contributed by atoms with Crippen LogP contribution in [0.4, 0.5) is 4.39 Å². The van der Waals surface area contributed by atoms with Crippen molar-refractivity contribution in [2.45, 2.75) is 4.90 Å². The van der Waals surface area contributed by atoms with Gasteiger partial charge in [-0.2, -0.15) is 0 Å². The molecule has 2 N–H and O–H groups in total. The summed E-state index contributed by atoms with van der Waals surface area (Å²) in [7, 11) is -1.08. The molecule has 7 nitrogen and oxygen atoms in total. The lowest BCUT2D eigenvalue weighted by atomic mass is 10.1. The van der Waals surface area contributed by atoms with Crippen molar-refractivity contribution in [1.82, 2.24) is 4.90 Å². The van der Waals surface area contributed by atoms with Crippen LogP contribution in [-0.2, 0) is 10.0 Å². The van der Waals surface area contributed by atoms with Crippen molar-refractivity contribution in [3.05, 3.63) is 53.8 Å². The number of hydrogen-bond donors (Lipinski definition) is 1. The highest BCUT2D eigenvalue weighted by atomic mass is 32.2. The number of rotatable bonds is 7. The molecule has 0 spiro atoms. The molecule has 1 amide bonds. The van der Waals surface area contributed by atoms with Gasteiger partial charge in [-0.3, -0.25) is 4.79 Å². The van der Waals surface area contributed by atoms with Crippen LogP contribution in [0.3, 0.4) is 0 Å². The van der Waals surface area contributed by atoms with Crippen LogP contribution in [0.15, 0.2) is 47.4 Å². The summed E-state index contributed by atoms with van der Waals surface area (Å²) < 4.78 is 46.9. The molecule has 0 aliphatic heterocycles. The van der Waals surface area contributed by atoms with Gasteiger partial charge in [0.05, 0.1) is 24.1 Å². The van der Waals surface area contributed by atoms with Crippen molar-refractivity contribution in [1.29, 1.82) is 0 Å². The average molecular weight is 382 g/mol. The van der Waals surface area contributed by atoms with Gasteiger partial charge >= 0.3 is 0 Å². The molecule has 0 saturated carbocycles. The normalized spacial score (nSPS) is 11.1. The predicted octanol–water partition coefficient (Wildman–Crippen LogP) is 1.63. The maximum atomic E-state index is 13.5. The number of nitrogens with two attached hydrogens (primary N) is 1. The molecule has 0 bridgehead atoms. The topological polar surface area (TPSA) is 98.9 Å². The lowest BCUT2D eigenvalue weighted by Crippen LogP contribution is -2.31. The van der Waals surface area contributed by atoms with E-state index in [1.165, 1.54) is 43.3 Å². The lowest BCUT2D eigenvalue weighted by molar-refractivity contribution is 0.0769. The van der Waals surface area contributed by atoms with Crippen LogP contribution < -0.4 is 14.6 Å². The first-order valence-corrected chi connectivity index (χ1v) is 9.12. The number of halogens is 1. The fourth-order valence-electron chi connectivity index (χ4n) is 2.19. The fraction of sp³-hybridized carbons (Fsp3) is 0.235. The second-order valence-corrected chi connectivity index (χ2v) is 6.97. The van der Waals surface area contributed by atoms with E-state index in [-0.39, 0.29) is 35.1 Å². The minimum absolute atomic E-state index is 0.0485. The van der Waals surface area contributed by atoms with Crippen molar-refractivity contribution in [3.63, 3.8) is 0 Å². The van der Waals surface area contributed by atoms with Crippen molar-refractivity contribution in [2.24, 2.45) is 5.14 Å². The van der Waals surface area contributed by atoms with Gasteiger partial charge in [0.15, 0.2) is 11.6 Å². The molecule has 2 aromatic carbocycles. The zero-order valence-electron chi connectivity index (χ0n) is 14.3. The van der Waals surface area contributed by atoms with E-state index in [0.29, 0.717) is 0 Å². The Kier molecular flexibility index (Phi) is 6.17. The van der Waals surface area contributed by atoms with Crippen LogP contribution in [0.5, 0.6) is 11.5 Å². The number of sulfonamides is 1. The maximum Gasteiger partial charge on any atom is 0.257 e. The standard InChI is InChI=1S/C17H19FN2O5S/c1-20(9-10-25-16-6-4-3-5-14(16)18)17(21)13-11-12(26(19,22)23)7-8-15(13)24-2/h3-8,11H,9-10H2,1-2H3,(H2,19,22,23). The third-order valence-corrected chi connectivity index (χ3v) is 4.51. The largest absolute Gasteiger partial charge is 0.496 e. The number of ether oxygens (including phenoxy) is 2. The monoisotopic (exact) mass is 382 g/mol. The van der Waals surface area contributed by atoms with Crippen LogP contribution in [0.25, 0.3) is 0 Å². The minimum Gasteiger partial charge on any atom is -0.496 e. The third kappa shape index (κ3) is 4.70. The smallest absolute Gasteiger partial charge is 0.257 e. The molecule has 0 fully saturated rings.